The molecule has 0 radical (unpaired) electrons. The highest BCUT2D eigenvalue weighted by Gasteiger charge is 2.25. The van der Waals surface area contributed by atoms with Crippen LogP contribution < -0.4 is 10.2 Å². The fourth-order valence-electron chi connectivity index (χ4n) is 3.92. The number of benzene rings is 3. The number of nitrogens with one attached hydrogen (secondary N) is 1. The molecule has 1 saturated heterocycles. The summed E-state index contributed by atoms with van der Waals surface area (Å²) in [6.07, 6.45) is 2.88. The second kappa shape index (κ2) is 12.1. The molecule has 0 bridgehead atoms. The molecule has 0 saturated carbocycles. The van der Waals surface area contributed by atoms with E-state index in [-0.39, 0.29) is 17.6 Å². The van der Waals surface area contributed by atoms with Crippen molar-refractivity contribution in [3.8, 4) is 5.75 Å². The van der Waals surface area contributed by atoms with Crippen LogP contribution in [-0.2, 0) is 11.3 Å². The van der Waals surface area contributed by atoms with Crippen molar-refractivity contribution >= 4 is 41.3 Å². The van der Waals surface area contributed by atoms with Gasteiger partial charge in [-0.2, -0.15) is 5.10 Å². The van der Waals surface area contributed by atoms with Crippen molar-refractivity contribution in [2.24, 2.45) is 11.0 Å². The molecule has 0 spiro atoms. The van der Waals surface area contributed by atoms with Gasteiger partial charge in [0.05, 0.1) is 11.8 Å². The van der Waals surface area contributed by atoms with Gasteiger partial charge in [0.15, 0.2) is 0 Å². The maximum atomic E-state index is 13.2. The fraction of sp³-hybridized carbons (Fsp3) is 0.222. The van der Waals surface area contributed by atoms with Crippen molar-refractivity contribution < 1.29 is 18.7 Å². The maximum Gasteiger partial charge on any atom is 0.343 e. The lowest BCUT2D eigenvalue weighted by atomic mass is 9.96. The first-order chi connectivity index (χ1) is 17.4. The monoisotopic (exact) mass is 527 g/mol. The van der Waals surface area contributed by atoms with Crippen LogP contribution in [0.3, 0.4) is 0 Å². The number of esters is 1. The summed E-state index contributed by atoms with van der Waals surface area (Å²) >= 11 is 12.0. The number of hydrogen-bond donors (Lipinski definition) is 1. The Labute approximate surface area is 218 Å². The second-order valence-electron chi connectivity index (χ2n) is 8.49. The SMILES string of the molecule is O=C(Oc1cccc(C=NNC(=O)C2CCN(Cc3ccc(F)cc3Cl)CC2)c1)c1ccc(Cl)cc1. The largest absolute Gasteiger partial charge is 0.423 e. The molecule has 9 heteroatoms. The third kappa shape index (κ3) is 7.13. The zero-order valence-electron chi connectivity index (χ0n) is 19.3. The minimum absolute atomic E-state index is 0.143. The molecule has 3 aromatic carbocycles. The summed E-state index contributed by atoms with van der Waals surface area (Å²) < 4.78 is 18.7. The first-order valence-corrected chi connectivity index (χ1v) is 12.2. The Morgan fingerprint density at radius 1 is 1.06 bits per heavy atom. The quantitative estimate of drug-likeness (QED) is 0.185. The Bertz CT molecular complexity index is 1260. The zero-order chi connectivity index (χ0) is 25.5. The van der Waals surface area contributed by atoms with E-state index in [0.29, 0.717) is 46.3 Å². The minimum atomic E-state index is -0.498. The number of ether oxygens (including phenoxy) is 1. The number of piperidine rings is 1. The van der Waals surface area contributed by atoms with E-state index in [1.54, 1.807) is 54.6 Å². The fourth-order valence-corrected chi connectivity index (χ4v) is 4.27. The minimum Gasteiger partial charge on any atom is -0.423 e. The standard InChI is InChI=1S/C27H24Cl2FN3O3/c28-22-7-4-20(5-8-22)27(35)36-24-3-1-2-18(14-24)16-31-32-26(34)19-10-12-33(13-11-19)17-21-6-9-23(30)15-25(21)29/h1-9,14-16,19H,10-13,17H2,(H,32,34). The third-order valence-electron chi connectivity index (χ3n) is 5.90. The Hall–Kier alpha value is -3.26. The van der Waals surface area contributed by atoms with Crippen LogP contribution in [0.15, 0.2) is 71.8 Å². The summed E-state index contributed by atoms with van der Waals surface area (Å²) in [5.74, 6) is -0.781. The van der Waals surface area contributed by atoms with E-state index in [1.165, 1.54) is 18.3 Å². The van der Waals surface area contributed by atoms with Crippen molar-refractivity contribution in [1.82, 2.24) is 10.3 Å². The number of amides is 1. The van der Waals surface area contributed by atoms with Crippen LogP contribution in [0, 0.1) is 11.7 Å². The van der Waals surface area contributed by atoms with E-state index in [9.17, 15) is 14.0 Å². The molecule has 1 aliphatic heterocycles. The second-order valence-corrected chi connectivity index (χ2v) is 9.33. The molecule has 1 N–H and O–H groups in total. The summed E-state index contributed by atoms with van der Waals surface area (Å²) in [7, 11) is 0. The Balaban J connectivity index is 1.24. The molecule has 0 unspecified atom stereocenters. The van der Waals surface area contributed by atoms with Crippen molar-refractivity contribution in [2.75, 3.05) is 13.1 Å². The van der Waals surface area contributed by atoms with Crippen molar-refractivity contribution in [1.29, 1.82) is 0 Å². The van der Waals surface area contributed by atoms with Gasteiger partial charge in [0.1, 0.15) is 11.6 Å². The lowest BCUT2D eigenvalue weighted by Gasteiger charge is -2.31. The topological polar surface area (TPSA) is 71.0 Å². The van der Waals surface area contributed by atoms with E-state index in [2.05, 4.69) is 15.4 Å². The van der Waals surface area contributed by atoms with Crippen LogP contribution in [0.5, 0.6) is 5.75 Å². The first kappa shape index (κ1) is 25.8. The number of likely N-dealkylation sites (tertiary alicyclic amines) is 1. The average molecular weight is 528 g/mol. The van der Waals surface area contributed by atoms with Gasteiger partial charge >= 0.3 is 5.97 Å². The maximum absolute atomic E-state index is 13.2. The van der Waals surface area contributed by atoms with E-state index in [4.69, 9.17) is 27.9 Å². The summed E-state index contributed by atoms with van der Waals surface area (Å²) in [4.78, 5) is 27.0. The molecule has 0 aliphatic carbocycles. The third-order valence-corrected chi connectivity index (χ3v) is 6.51. The van der Waals surface area contributed by atoms with E-state index >= 15 is 0 Å². The normalized spacial score (nSPS) is 14.6. The molecule has 4 rings (SSSR count). The number of hydrazone groups is 1. The van der Waals surface area contributed by atoms with Crippen molar-refractivity contribution in [3.63, 3.8) is 0 Å². The molecule has 0 atom stereocenters. The predicted octanol–water partition coefficient (Wildman–Crippen LogP) is 5.71. The Morgan fingerprint density at radius 3 is 2.53 bits per heavy atom. The molecule has 36 heavy (non-hydrogen) atoms. The average Bonchev–Trinajstić information content (AvgIpc) is 2.87. The number of carbonyl (C=O) groups is 2. The number of halogens is 3. The van der Waals surface area contributed by atoms with Gasteiger partial charge in [0.25, 0.3) is 0 Å². The van der Waals surface area contributed by atoms with Crippen LogP contribution >= 0.6 is 23.2 Å². The van der Waals surface area contributed by atoms with Gasteiger partial charge in [0.2, 0.25) is 5.91 Å². The number of rotatable bonds is 7. The molecular formula is C27H24Cl2FN3O3. The number of nitrogens with zero attached hydrogens (tertiary/aromatic N) is 2. The summed E-state index contributed by atoms with van der Waals surface area (Å²) in [5.41, 5.74) is 4.52. The predicted molar refractivity (Wildman–Crippen MR) is 138 cm³/mol. The summed E-state index contributed by atoms with van der Waals surface area (Å²) in [6.45, 7) is 2.08. The number of carbonyl (C=O) groups excluding carboxylic acids is 2. The van der Waals surface area contributed by atoms with Crippen LogP contribution in [0.1, 0.15) is 34.3 Å². The van der Waals surface area contributed by atoms with Gasteiger partial charge in [-0.15, -0.1) is 0 Å². The highest BCUT2D eigenvalue weighted by molar-refractivity contribution is 6.31. The Kier molecular flexibility index (Phi) is 8.70. The van der Waals surface area contributed by atoms with Crippen LogP contribution in [-0.4, -0.2) is 36.1 Å². The molecule has 6 nitrogen and oxygen atoms in total. The van der Waals surface area contributed by atoms with Gasteiger partial charge in [-0.3, -0.25) is 9.69 Å². The molecule has 186 valence electrons. The summed E-state index contributed by atoms with van der Waals surface area (Å²) in [6, 6.07) is 17.7. The molecule has 0 aromatic heterocycles. The van der Waals surface area contributed by atoms with Gasteiger partial charge in [0, 0.05) is 22.5 Å². The molecular weight excluding hydrogens is 504 g/mol. The smallest absolute Gasteiger partial charge is 0.343 e. The van der Waals surface area contributed by atoms with Gasteiger partial charge < -0.3 is 4.74 Å². The first-order valence-electron chi connectivity index (χ1n) is 11.4. The van der Waals surface area contributed by atoms with Gasteiger partial charge in [-0.05, 0) is 85.6 Å². The van der Waals surface area contributed by atoms with Crippen LogP contribution in [0.2, 0.25) is 10.0 Å². The molecule has 1 aliphatic rings. The highest BCUT2D eigenvalue weighted by atomic mass is 35.5. The molecule has 1 heterocycles. The number of hydrogen-bond acceptors (Lipinski definition) is 5. The van der Waals surface area contributed by atoms with Crippen molar-refractivity contribution in [2.45, 2.75) is 19.4 Å². The molecule has 1 amide bonds. The molecule has 1 fully saturated rings. The zero-order valence-corrected chi connectivity index (χ0v) is 20.8. The van der Waals surface area contributed by atoms with Crippen LogP contribution in [0.4, 0.5) is 4.39 Å². The van der Waals surface area contributed by atoms with E-state index in [1.807, 2.05) is 0 Å². The van der Waals surface area contributed by atoms with E-state index < -0.39 is 5.97 Å². The van der Waals surface area contributed by atoms with Gasteiger partial charge in [-0.1, -0.05) is 41.4 Å². The van der Waals surface area contributed by atoms with Crippen molar-refractivity contribution in [3.05, 3.63) is 99.3 Å². The Morgan fingerprint density at radius 2 is 1.81 bits per heavy atom. The summed E-state index contributed by atoms with van der Waals surface area (Å²) in [5, 5.41) is 5.01. The highest BCUT2D eigenvalue weighted by Crippen LogP contribution is 2.23. The van der Waals surface area contributed by atoms with Gasteiger partial charge in [-0.25, -0.2) is 14.6 Å². The van der Waals surface area contributed by atoms with E-state index in [0.717, 1.165) is 18.7 Å². The lowest BCUT2D eigenvalue weighted by molar-refractivity contribution is -0.126. The molecule has 3 aromatic rings. The lowest BCUT2D eigenvalue weighted by Crippen LogP contribution is -2.39. The van der Waals surface area contributed by atoms with Crippen LogP contribution in [0.25, 0.3) is 0 Å².